The van der Waals surface area contributed by atoms with E-state index in [4.69, 9.17) is 16.3 Å². The zero-order valence-electron chi connectivity index (χ0n) is 13.8. The fraction of sp³-hybridized carbons (Fsp3) is 0.316. The van der Waals surface area contributed by atoms with Crippen LogP contribution >= 0.6 is 27.5 Å². The summed E-state index contributed by atoms with van der Waals surface area (Å²) < 4.78 is 6.56. The molecule has 0 unspecified atom stereocenters. The van der Waals surface area contributed by atoms with Crippen LogP contribution in [0, 0.1) is 0 Å². The van der Waals surface area contributed by atoms with Crippen LogP contribution in [0.25, 0.3) is 0 Å². The Morgan fingerprint density at radius 3 is 2.28 bits per heavy atom. The van der Waals surface area contributed by atoms with Gasteiger partial charge in [0.1, 0.15) is 5.75 Å². The predicted octanol–water partition coefficient (Wildman–Crippen LogP) is 3.83. The Labute approximate surface area is 161 Å². The van der Waals surface area contributed by atoms with E-state index in [2.05, 4.69) is 20.8 Å². The van der Waals surface area contributed by atoms with Gasteiger partial charge in [0.05, 0.1) is 0 Å². The molecule has 0 N–H and O–H groups in total. The normalized spacial score (nSPS) is 15.2. The molecule has 1 aliphatic rings. The fourth-order valence-corrected chi connectivity index (χ4v) is 3.16. The van der Waals surface area contributed by atoms with Gasteiger partial charge < -0.3 is 9.64 Å². The maximum atomic E-state index is 12.3. The summed E-state index contributed by atoms with van der Waals surface area (Å²) >= 11 is 9.30. The largest absolute Gasteiger partial charge is 0.484 e. The molecular weight excluding hydrogens is 404 g/mol. The highest BCUT2D eigenvalue weighted by Gasteiger charge is 2.21. The number of carbonyl (C=O) groups excluding carboxylic acids is 1. The summed E-state index contributed by atoms with van der Waals surface area (Å²) in [6.45, 7) is 4.17. The van der Waals surface area contributed by atoms with Gasteiger partial charge in [-0.15, -0.1) is 0 Å². The SMILES string of the molecule is O=C(COc1ccc(Br)cc1)N1CCN(Cc2ccc(Cl)cc2)CC1. The Kier molecular flexibility index (Phi) is 6.34. The van der Waals surface area contributed by atoms with Crippen molar-refractivity contribution in [2.24, 2.45) is 0 Å². The number of amides is 1. The third-order valence-electron chi connectivity index (χ3n) is 4.22. The predicted molar refractivity (Wildman–Crippen MR) is 103 cm³/mol. The van der Waals surface area contributed by atoms with Gasteiger partial charge in [-0.1, -0.05) is 39.7 Å². The minimum absolute atomic E-state index is 0.0362. The molecule has 2 aromatic carbocycles. The van der Waals surface area contributed by atoms with Crippen molar-refractivity contribution in [1.29, 1.82) is 0 Å². The fourth-order valence-electron chi connectivity index (χ4n) is 2.77. The first kappa shape index (κ1) is 18.2. The van der Waals surface area contributed by atoms with Crippen LogP contribution in [0.3, 0.4) is 0 Å². The first-order valence-corrected chi connectivity index (χ1v) is 9.40. The lowest BCUT2D eigenvalue weighted by atomic mass is 10.2. The quantitative estimate of drug-likeness (QED) is 0.733. The maximum absolute atomic E-state index is 12.3. The zero-order valence-corrected chi connectivity index (χ0v) is 16.2. The number of ether oxygens (including phenoxy) is 1. The van der Waals surface area contributed by atoms with E-state index in [0.717, 1.165) is 42.2 Å². The van der Waals surface area contributed by atoms with Gasteiger partial charge in [0.2, 0.25) is 0 Å². The molecule has 0 aromatic heterocycles. The molecule has 1 heterocycles. The smallest absolute Gasteiger partial charge is 0.260 e. The third kappa shape index (κ3) is 5.46. The molecule has 132 valence electrons. The summed E-state index contributed by atoms with van der Waals surface area (Å²) in [6, 6.07) is 15.4. The molecule has 0 spiro atoms. The number of rotatable bonds is 5. The van der Waals surface area contributed by atoms with Crippen molar-refractivity contribution in [2.45, 2.75) is 6.54 Å². The van der Waals surface area contributed by atoms with Crippen LogP contribution in [0.1, 0.15) is 5.56 Å². The van der Waals surface area contributed by atoms with Crippen LogP contribution < -0.4 is 4.74 Å². The molecule has 2 aromatic rings. The molecule has 1 saturated heterocycles. The molecule has 0 radical (unpaired) electrons. The highest BCUT2D eigenvalue weighted by molar-refractivity contribution is 9.10. The van der Waals surface area contributed by atoms with Gasteiger partial charge >= 0.3 is 0 Å². The summed E-state index contributed by atoms with van der Waals surface area (Å²) in [7, 11) is 0. The molecule has 0 aliphatic carbocycles. The van der Waals surface area contributed by atoms with Gasteiger partial charge in [-0.05, 0) is 42.0 Å². The van der Waals surface area contributed by atoms with Gasteiger partial charge in [-0.3, -0.25) is 9.69 Å². The molecule has 0 atom stereocenters. The minimum Gasteiger partial charge on any atom is -0.484 e. The monoisotopic (exact) mass is 422 g/mol. The molecule has 1 fully saturated rings. The topological polar surface area (TPSA) is 32.8 Å². The summed E-state index contributed by atoms with van der Waals surface area (Å²) in [5.74, 6) is 0.743. The van der Waals surface area contributed by atoms with Gasteiger partial charge in [-0.25, -0.2) is 0 Å². The molecule has 25 heavy (non-hydrogen) atoms. The second-order valence-corrected chi connectivity index (χ2v) is 7.38. The van der Waals surface area contributed by atoms with E-state index in [1.54, 1.807) is 0 Å². The molecule has 4 nitrogen and oxygen atoms in total. The summed E-state index contributed by atoms with van der Waals surface area (Å²) in [6.07, 6.45) is 0. The molecule has 1 amide bonds. The Bertz CT molecular complexity index is 698. The number of hydrogen-bond donors (Lipinski definition) is 0. The Hall–Kier alpha value is -1.56. The van der Waals surface area contributed by atoms with Gasteiger partial charge in [0.25, 0.3) is 5.91 Å². The summed E-state index contributed by atoms with van der Waals surface area (Å²) in [5.41, 5.74) is 1.24. The summed E-state index contributed by atoms with van der Waals surface area (Å²) in [4.78, 5) is 16.5. The lowest BCUT2D eigenvalue weighted by Gasteiger charge is -2.34. The number of benzene rings is 2. The van der Waals surface area contributed by atoms with Crippen LogP contribution in [-0.2, 0) is 11.3 Å². The Balaban J connectivity index is 1.42. The summed E-state index contributed by atoms with van der Waals surface area (Å²) in [5, 5.41) is 0.755. The van der Waals surface area contributed by atoms with E-state index >= 15 is 0 Å². The van der Waals surface area contributed by atoms with Crippen molar-refractivity contribution >= 4 is 33.4 Å². The molecule has 3 rings (SSSR count). The molecule has 0 saturated carbocycles. The van der Waals surface area contributed by atoms with Crippen molar-refractivity contribution in [3.8, 4) is 5.75 Å². The van der Waals surface area contributed by atoms with Crippen molar-refractivity contribution in [3.05, 3.63) is 63.6 Å². The van der Waals surface area contributed by atoms with Crippen LogP contribution in [0.5, 0.6) is 5.75 Å². The van der Waals surface area contributed by atoms with E-state index < -0.39 is 0 Å². The highest BCUT2D eigenvalue weighted by Crippen LogP contribution is 2.16. The lowest BCUT2D eigenvalue weighted by Crippen LogP contribution is -2.49. The average Bonchev–Trinajstić information content (AvgIpc) is 2.63. The number of carbonyl (C=O) groups is 1. The van der Waals surface area contributed by atoms with Gasteiger partial charge in [-0.2, -0.15) is 0 Å². The van der Waals surface area contributed by atoms with Crippen molar-refractivity contribution in [3.63, 3.8) is 0 Å². The number of piperazine rings is 1. The van der Waals surface area contributed by atoms with Gasteiger partial charge in [0.15, 0.2) is 6.61 Å². The average molecular weight is 424 g/mol. The number of halogens is 2. The number of nitrogens with zero attached hydrogens (tertiary/aromatic N) is 2. The lowest BCUT2D eigenvalue weighted by molar-refractivity contribution is -0.135. The minimum atomic E-state index is 0.0362. The van der Waals surface area contributed by atoms with Crippen LogP contribution in [-0.4, -0.2) is 48.5 Å². The van der Waals surface area contributed by atoms with E-state index in [0.29, 0.717) is 5.75 Å². The molecule has 1 aliphatic heterocycles. The van der Waals surface area contributed by atoms with Crippen LogP contribution in [0.2, 0.25) is 5.02 Å². The first-order valence-electron chi connectivity index (χ1n) is 8.23. The van der Waals surface area contributed by atoms with Crippen LogP contribution in [0.4, 0.5) is 0 Å². The second kappa shape index (κ2) is 8.70. The van der Waals surface area contributed by atoms with Crippen molar-refractivity contribution in [1.82, 2.24) is 9.80 Å². The van der Waals surface area contributed by atoms with Crippen molar-refractivity contribution < 1.29 is 9.53 Å². The standard InChI is InChI=1S/C19H20BrClN2O2/c20-16-3-7-18(8-4-16)25-14-19(24)23-11-9-22(10-12-23)13-15-1-5-17(21)6-2-15/h1-8H,9-14H2. The molecule has 0 bridgehead atoms. The zero-order chi connectivity index (χ0) is 17.6. The maximum Gasteiger partial charge on any atom is 0.260 e. The van der Waals surface area contributed by atoms with E-state index in [-0.39, 0.29) is 12.5 Å². The van der Waals surface area contributed by atoms with E-state index in [1.807, 2.05) is 53.4 Å². The highest BCUT2D eigenvalue weighted by atomic mass is 79.9. The van der Waals surface area contributed by atoms with E-state index in [1.165, 1.54) is 5.56 Å². The molecular formula is C19H20BrClN2O2. The Morgan fingerprint density at radius 2 is 1.64 bits per heavy atom. The Morgan fingerprint density at radius 1 is 1.00 bits per heavy atom. The van der Waals surface area contributed by atoms with E-state index in [9.17, 15) is 4.79 Å². The number of hydrogen-bond acceptors (Lipinski definition) is 3. The molecule has 6 heteroatoms. The van der Waals surface area contributed by atoms with Crippen molar-refractivity contribution in [2.75, 3.05) is 32.8 Å². The van der Waals surface area contributed by atoms with Crippen LogP contribution in [0.15, 0.2) is 53.0 Å². The van der Waals surface area contributed by atoms with Gasteiger partial charge in [0, 0.05) is 42.2 Å². The first-order chi connectivity index (χ1) is 12.1. The third-order valence-corrected chi connectivity index (χ3v) is 5.00. The second-order valence-electron chi connectivity index (χ2n) is 6.03.